The Hall–Kier alpha value is -0.780. The fourth-order valence-electron chi connectivity index (χ4n) is 0.731. The van der Waals surface area contributed by atoms with Gasteiger partial charge >= 0.3 is 6.18 Å². The van der Waals surface area contributed by atoms with Gasteiger partial charge in [0, 0.05) is 11.9 Å². The van der Waals surface area contributed by atoms with Crippen LogP contribution in [0.15, 0.2) is 16.9 Å². The molecule has 0 amide bonds. The molecule has 1 aromatic heterocycles. The number of hydrogen-bond acceptors (Lipinski definition) is 2. The Kier molecular flexibility index (Phi) is 2.27. The SMILES string of the molecule is Nc1ccnc(Br)c1C(F)(F)F. The van der Waals surface area contributed by atoms with Crippen molar-refractivity contribution in [2.45, 2.75) is 6.18 Å². The molecule has 0 fully saturated rings. The lowest BCUT2D eigenvalue weighted by atomic mass is 10.2. The molecule has 1 heterocycles. The zero-order chi connectivity index (χ0) is 9.35. The summed E-state index contributed by atoms with van der Waals surface area (Å²) >= 11 is 2.67. The molecular weight excluding hydrogens is 237 g/mol. The van der Waals surface area contributed by atoms with E-state index in [2.05, 4.69) is 20.9 Å². The maximum absolute atomic E-state index is 12.2. The van der Waals surface area contributed by atoms with Crippen molar-refractivity contribution in [1.82, 2.24) is 4.98 Å². The lowest BCUT2D eigenvalue weighted by Gasteiger charge is -2.09. The van der Waals surface area contributed by atoms with Gasteiger partial charge in [0.15, 0.2) is 0 Å². The Morgan fingerprint density at radius 2 is 2.00 bits per heavy atom. The minimum Gasteiger partial charge on any atom is -0.398 e. The highest BCUT2D eigenvalue weighted by atomic mass is 79.9. The highest BCUT2D eigenvalue weighted by Gasteiger charge is 2.35. The molecule has 0 aliphatic carbocycles. The maximum atomic E-state index is 12.2. The Bertz CT molecular complexity index is 277. The van der Waals surface area contributed by atoms with Crippen molar-refractivity contribution in [1.29, 1.82) is 0 Å². The first-order valence-corrected chi connectivity index (χ1v) is 3.69. The van der Waals surface area contributed by atoms with E-state index in [-0.39, 0.29) is 10.3 Å². The van der Waals surface area contributed by atoms with Crippen LogP contribution in [-0.2, 0) is 6.18 Å². The summed E-state index contributed by atoms with van der Waals surface area (Å²) in [6.45, 7) is 0. The van der Waals surface area contributed by atoms with Gasteiger partial charge in [-0.1, -0.05) is 0 Å². The van der Waals surface area contributed by atoms with Crippen LogP contribution in [0.4, 0.5) is 18.9 Å². The minimum atomic E-state index is -4.46. The summed E-state index contributed by atoms with van der Waals surface area (Å²) in [5.74, 6) is 0. The quantitative estimate of drug-likeness (QED) is 0.708. The van der Waals surface area contributed by atoms with Gasteiger partial charge in [-0.25, -0.2) is 4.98 Å². The van der Waals surface area contributed by atoms with Crippen LogP contribution in [0.2, 0.25) is 0 Å². The Labute approximate surface area is 74.7 Å². The molecule has 0 aliphatic heterocycles. The number of halogens is 4. The predicted octanol–water partition coefficient (Wildman–Crippen LogP) is 2.45. The summed E-state index contributed by atoms with van der Waals surface area (Å²) in [5, 5.41) is 0. The lowest BCUT2D eigenvalue weighted by molar-refractivity contribution is -0.137. The Morgan fingerprint density at radius 1 is 1.42 bits per heavy atom. The van der Waals surface area contributed by atoms with Crippen LogP contribution in [0, 0.1) is 0 Å². The van der Waals surface area contributed by atoms with E-state index in [1.807, 2.05) is 0 Å². The molecule has 66 valence electrons. The molecule has 1 rings (SSSR count). The van der Waals surface area contributed by atoms with E-state index in [9.17, 15) is 13.2 Å². The van der Waals surface area contributed by atoms with Crippen LogP contribution in [0.1, 0.15) is 5.56 Å². The Morgan fingerprint density at radius 3 is 2.33 bits per heavy atom. The third kappa shape index (κ3) is 1.69. The van der Waals surface area contributed by atoms with Crippen molar-refractivity contribution < 1.29 is 13.2 Å². The first-order chi connectivity index (χ1) is 5.43. The normalized spacial score (nSPS) is 11.7. The van der Waals surface area contributed by atoms with Crippen LogP contribution < -0.4 is 5.73 Å². The van der Waals surface area contributed by atoms with Gasteiger partial charge in [0.2, 0.25) is 0 Å². The Balaban J connectivity index is 3.31. The van der Waals surface area contributed by atoms with Gasteiger partial charge in [-0.3, -0.25) is 0 Å². The lowest BCUT2D eigenvalue weighted by Crippen LogP contribution is -2.10. The van der Waals surface area contributed by atoms with Gasteiger partial charge in [-0.2, -0.15) is 13.2 Å². The first kappa shape index (κ1) is 9.31. The molecule has 0 radical (unpaired) electrons. The highest BCUT2D eigenvalue weighted by molar-refractivity contribution is 9.10. The van der Waals surface area contributed by atoms with E-state index in [4.69, 9.17) is 5.73 Å². The molecule has 0 spiro atoms. The van der Waals surface area contributed by atoms with E-state index in [1.54, 1.807) is 0 Å². The molecule has 0 aromatic carbocycles. The third-order valence-electron chi connectivity index (χ3n) is 1.22. The van der Waals surface area contributed by atoms with Crippen LogP contribution in [0.5, 0.6) is 0 Å². The largest absolute Gasteiger partial charge is 0.420 e. The van der Waals surface area contributed by atoms with E-state index < -0.39 is 11.7 Å². The van der Waals surface area contributed by atoms with Crippen LogP contribution in [0.25, 0.3) is 0 Å². The second-order valence-corrected chi connectivity index (χ2v) is 2.81. The van der Waals surface area contributed by atoms with Gasteiger partial charge in [0.25, 0.3) is 0 Å². The average Bonchev–Trinajstić information content (AvgIpc) is 1.82. The van der Waals surface area contributed by atoms with E-state index in [1.165, 1.54) is 6.20 Å². The predicted molar refractivity (Wildman–Crippen MR) is 41.4 cm³/mol. The molecule has 12 heavy (non-hydrogen) atoms. The van der Waals surface area contributed by atoms with Crippen molar-refractivity contribution in [2.75, 3.05) is 5.73 Å². The van der Waals surface area contributed by atoms with Crippen LogP contribution >= 0.6 is 15.9 Å². The monoisotopic (exact) mass is 240 g/mol. The van der Waals surface area contributed by atoms with Gasteiger partial charge in [0.1, 0.15) is 10.2 Å². The fourth-order valence-corrected chi connectivity index (χ4v) is 1.30. The number of alkyl halides is 3. The van der Waals surface area contributed by atoms with Crippen LogP contribution in [-0.4, -0.2) is 4.98 Å². The molecule has 6 heteroatoms. The molecule has 1 aromatic rings. The van der Waals surface area contributed by atoms with Gasteiger partial charge in [-0.05, 0) is 22.0 Å². The molecule has 0 saturated carbocycles. The number of rotatable bonds is 0. The molecule has 0 aliphatic rings. The van der Waals surface area contributed by atoms with E-state index in [0.717, 1.165) is 6.07 Å². The van der Waals surface area contributed by atoms with Gasteiger partial charge in [0.05, 0.1) is 0 Å². The number of pyridine rings is 1. The average molecular weight is 241 g/mol. The van der Waals surface area contributed by atoms with Crippen molar-refractivity contribution in [3.05, 3.63) is 22.4 Å². The topological polar surface area (TPSA) is 38.9 Å². The number of nitrogen functional groups attached to an aromatic ring is 1. The van der Waals surface area contributed by atoms with E-state index in [0.29, 0.717) is 0 Å². The number of aromatic nitrogens is 1. The second kappa shape index (κ2) is 2.93. The molecular formula is C6H4BrF3N2. The number of nitrogens with two attached hydrogens (primary N) is 1. The second-order valence-electron chi connectivity index (χ2n) is 2.06. The fraction of sp³-hybridized carbons (Fsp3) is 0.167. The summed E-state index contributed by atoms with van der Waals surface area (Å²) in [7, 11) is 0. The molecule has 0 atom stereocenters. The summed E-state index contributed by atoms with van der Waals surface area (Å²) < 4.78 is 36.2. The number of hydrogen-bond donors (Lipinski definition) is 1. The third-order valence-corrected chi connectivity index (χ3v) is 1.82. The molecule has 0 bridgehead atoms. The molecule has 0 saturated heterocycles. The first-order valence-electron chi connectivity index (χ1n) is 2.90. The summed E-state index contributed by atoms with van der Waals surface area (Å²) in [6.07, 6.45) is -3.26. The molecule has 2 N–H and O–H groups in total. The zero-order valence-corrected chi connectivity index (χ0v) is 7.28. The smallest absolute Gasteiger partial charge is 0.398 e. The summed E-state index contributed by atoms with van der Waals surface area (Å²) in [5.41, 5.74) is 3.86. The van der Waals surface area contributed by atoms with Crippen molar-refractivity contribution >= 4 is 21.6 Å². The highest BCUT2D eigenvalue weighted by Crippen LogP contribution is 2.37. The molecule has 2 nitrogen and oxygen atoms in total. The summed E-state index contributed by atoms with van der Waals surface area (Å²) in [4.78, 5) is 3.42. The van der Waals surface area contributed by atoms with Gasteiger partial charge in [-0.15, -0.1) is 0 Å². The standard InChI is InChI=1S/C6H4BrF3N2/c7-5-4(6(8,9)10)3(11)1-2-12-5/h1-2H,(H2,11,12). The van der Waals surface area contributed by atoms with Crippen LogP contribution in [0.3, 0.4) is 0 Å². The van der Waals surface area contributed by atoms with E-state index >= 15 is 0 Å². The number of anilines is 1. The van der Waals surface area contributed by atoms with Crippen molar-refractivity contribution in [3.63, 3.8) is 0 Å². The zero-order valence-electron chi connectivity index (χ0n) is 5.69. The van der Waals surface area contributed by atoms with Gasteiger partial charge < -0.3 is 5.73 Å². The van der Waals surface area contributed by atoms with Crippen molar-refractivity contribution in [2.24, 2.45) is 0 Å². The minimum absolute atomic E-state index is 0.282. The summed E-state index contributed by atoms with van der Waals surface area (Å²) in [6, 6.07) is 1.10. The number of nitrogens with zero attached hydrogens (tertiary/aromatic N) is 1. The maximum Gasteiger partial charge on any atom is 0.420 e. The molecule has 0 unspecified atom stereocenters. The van der Waals surface area contributed by atoms with Crippen molar-refractivity contribution in [3.8, 4) is 0 Å².